The summed E-state index contributed by atoms with van der Waals surface area (Å²) in [6.45, 7) is 0.260. The predicted molar refractivity (Wildman–Crippen MR) is 127 cm³/mol. The zero-order valence-electron chi connectivity index (χ0n) is 18.9. The molecule has 0 spiro atoms. The van der Waals surface area contributed by atoms with Gasteiger partial charge in [0.15, 0.2) is 0 Å². The number of ketones is 1. The van der Waals surface area contributed by atoms with E-state index in [0.717, 1.165) is 5.56 Å². The molecule has 2 aromatic carbocycles. The monoisotopic (exact) mass is 564 g/mol. The number of nitrogens with one attached hydrogen (secondary N) is 1. The van der Waals surface area contributed by atoms with Gasteiger partial charge in [0.1, 0.15) is 35.2 Å². The summed E-state index contributed by atoms with van der Waals surface area (Å²) in [6, 6.07) is 14.8. The van der Waals surface area contributed by atoms with Crippen LogP contribution in [0.4, 0.5) is 17.6 Å². The van der Waals surface area contributed by atoms with Crippen molar-refractivity contribution in [3.05, 3.63) is 93.5 Å². The highest BCUT2D eigenvalue weighted by Gasteiger charge is 2.64. The van der Waals surface area contributed by atoms with E-state index in [9.17, 15) is 27.2 Å². The number of benzene rings is 2. The molecule has 0 saturated heterocycles. The van der Waals surface area contributed by atoms with Crippen molar-refractivity contribution < 1.29 is 31.9 Å². The van der Waals surface area contributed by atoms with Crippen molar-refractivity contribution in [2.45, 2.75) is 44.0 Å². The van der Waals surface area contributed by atoms with Crippen molar-refractivity contribution in [3.63, 3.8) is 0 Å². The lowest BCUT2D eigenvalue weighted by molar-refractivity contribution is -0.163. The molecule has 0 atom stereocenters. The largest absolute Gasteiger partial charge is 0.488 e. The van der Waals surface area contributed by atoms with E-state index in [0.29, 0.717) is 15.8 Å². The smallest absolute Gasteiger partial charge is 0.411 e. The zero-order valence-corrected chi connectivity index (χ0v) is 20.5. The third kappa shape index (κ3) is 6.10. The Kier molecular flexibility index (Phi) is 7.44. The Morgan fingerprint density at radius 3 is 2.42 bits per heavy atom. The molecule has 1 aliphatic rings. The summed E-state index contributed by atoms with van der Waals surface area (Å²) in [6.07, 6.45) is -4.05. The number of carbonyl (C=O) groups is 2. The van der Waals surface area contributed by atoms with Crippen molar-refractivity contribution in [2.24, 2.45) is 0 Å². The third-order valence-corrected chi connectivity index (χ3v) is 6.45. The van der Waals surface area contributed by atoms with Crippen molar-refractivity contribution >= 4 is 27.6 Å². The summed E-state index contributed by atoms with van der Waals surface area (Å²) < 4.78 is 60.1. The molecule has 1 saturated carbocycles. The Labute approximate surface area is 213 Å². The average Bonchev–Trinajstić information content (AvgIpc) is 3.62. The maximum absolute atomic E-state index is 14.5. The normalized spacial score (nSPS) is 14.2. The Morgan fingerprint density at radius 2 is 1.75 bits per heavy atom. The van der Waals surface area contributed by atoms with Gasteiger partial charge in [0.2, 0.25) is 0 Å². The maximum Gasteiger partial charge on any atom is 0.411 e. The lowest BCUT2D eigenvalue weighted by Crippen LogP contribution is -2.48. The highest BCUT2D eigenvalue weighted by atomic mass is 79.9. The number of hydrogen-bond donors (Lipinski definition) is 1. The van der Waals surface area contributed by atoms with Crippen LogP contribution in [0.1, 0.15) is 40.0 Å². The van der Waals surface area contributed by atoms with Crippen LogP contribution in [0.3, 0.4) is 0 Å². The van der Waals surface area contributed by atoms with Gasteiger partial charge in [-0.25, -0.2) is 4.39 Å². The second-order valence-corrected chi connectivity index (χ2v) is 9.48. The van der Waals surface area contributed by atoms with Crippen LogP contribution in [-0.4, -0.2) is 28.4 Å². The average molecular weight is 565 g/mol. The summed E-state index contributed by atoms with van der Waals surface area (Å²) in [5.41, 5.74) is -0.986. The molecule has 3 aromatic rings. The molecule has 5 nitrogen and oxygen atoms in total. The van der Waals surface area contributed by atoms with E-state index in [-0.39, 0.29) is 49.3 Å². The van der Waals surface area contributed by atoms with Crippen LogP contribution < -0.4 is 10.1 Å². The SMILES string of the molecule is O=C(Cc1ccnc(C(=O)NC2(C(F)(F)F)CC2)c1)Cc1cc(OCc2ccccc2)c(Br)cc1F. The number of rotatable bonds is 9. The Balaban J connectivity index is 1.40. The fourth-order valence-electron chi connectivity index (χ4n) is 3.65. The molecule has 0 radical (unpaired) electrons. The Morgan fingerprint density at radius 1 is 1.03 bits per heavy atom. The van der Waals surface area contributed by atoms with E-state index < -0.39 is 23.4 Å². The fourth-order valence-corrected chi connectivity index (χ4v) is 4.08. The van der Waals surface area contributed by atoms with Crippen LogP contribution in [0.2, 0.25) is 0 Å². The Hall–Kier alpha value is -3.27. The van der Waals surface area contributed by atoms with Crippen LogP contribution in [-0.2, 0) is 24.2 Å². The van der Waals surface area contributed by atoms with Crippen molar-refractivity contribution in [1.82, 2.24) is 10.3 Å². The number of hydrogen-bond acceptors (Lipinski definition) is 4. The predicted octanol–water partition coefficient (Wildman–Crippen LogP) is 5.74. The minimum absolute atomic E-state index is 0.138. The maximum atomic E-state index is 14.5. The summed E-state index contributed by atoms with van der Waals surface area (Å²) in [5.74, 6) is -1.52. The van der Waals surface area contributed by atoms with E-state index in [1.807, 2.05) is 35.6 Å². The van der Waals surface area contributed by atoms with E-state index in [4.69, 9.17) is 4.74 Å². The molecule has 10 heteroatoms. The molecule has 36 heavy (non-hydrogen) atoms. The second kappa shape index (κ2) is 10.4. The number of halogens is 5. The molecule has 1 heterocycles. The fraction of sp³-hybridized carbons (Fsp3) is 0.269. The number of nitrogens with zero attached hydrogens (tertiary/aromatic N) is 1. The number of ether oxygens (including phenoxy) is 1. The van der Waals surface area contributed by atoms with Gasteiger partial charge in [-0.1, -0.05) is 30.3 Å². The first-order valence-corrected chi connectivity index (χ1v) is 11.9. The van der Waals surface area contributed by atoms with Crippen LogP contribution >= 0.6 is 15.9 Å². The first kappa shape index (κ1) is 25.8. The molecule has 1 fully saturated rings. The highest BCUT2D eigenvalue weighted by molar-refractivity contribution is 9.10. The lowest BCUT2D eigenvalue weighted by Gasteiger charge is -2.20. The van der Waals surface area contributed by atoms with Crippen LogP contribution in [0.5, 0.6) is 5.75 Å². The van der Waals surface area contributed by atoms with E-state index in [1.54, 1.807) is 0 Å². The number of pyridine rings is 1. The van der Waals surface area contributed by atoms with Crippen LogP contribution in [0, 0.1) is 5.82 Å². The van der Waals surface area contributed by atoms with Crippen molar-refractivity contribution in [3.8, 4) is 5.75 Å². The van der Waals surface area contributed by atoms with E-state index in [1.165, 1.54) is 30.5 Å². The number of alkyl halides is 3. The second-order valence-electron chi connectivity index (χ2n) is 8.62. The van der Waals surface area contributed by atoms with Gasteiger partial charge >= 0.3 is 6.18 Å². The summed E-state index contributed by atoms with van der Waals surface area (Å²) in [5, 5.41) is 2.01. The molecule has 0 aliphatic heterocycles. The highest BCUT2D eigenvalue weighted by Crippen LogP contribution is 2.49. The summed E-state index contributed by atoms with van der Waals surface area (Å²) in [4.78, 5) is 28.8. The molecular formula is C26H21BrF4N2O3. The lowest BCUT2D eigenvalue weighted by atomic mass is 10.0. The van der Waals surface area contributed by atoms with Gasteiger partial charge in [0.05, 0.1) is 4.47 Å². The van der Waals surface area contributed by atoms with Gasteiger partial charge in [0, 0.05) is 19.0 Å². The molecule has 0 bridgehead atoms. The molecule has 1 N–H and O–H groups in total. The molecule has 188 valence electrons. The van der Waals surface area contributed by atoms with Crippen molar-refractivity contribution in [1.29, 1.82) is 0 Å². The molecule has 1 aromatic heterocycles. The molecule has 4 rings (SSSR count). The molecule has 1 aliphatic carbocycles. The summed E-state index contributed by atoms with van der Waals surface area (Å²) in [7, 11) is 0. The van der Waals surface area contributed by atoms with E-state index in [2.05, 4.69) is 20.9 Å². The van der Waals surface area contributed by atoms with Gasteiger partial charge in [-0.05, 0) is 69.7 Å². The quantitative estimate of drug-likeness (QED) is 0.336. The van der Waals surface area contributed by atoms with E-state index >= 15 is 0 Å². The summed E-state index contributed by atoms with van der Waals surface area (Å²) >= 11 is 3.27. The number of aromatic nitrogens is 1. The van der Waals surface area contributed by atoms with Gasteiger partial charge in [-0.15, -0.1) is 0 Å². The van der Waals surface area contributed by atoms with Gasteiger partial charge < -0.3 is 10.1 Å². The first-order chi connectivity index (χ1) is 17.1. The standard InChI is InChI=1S/C26H21BrF4N2O3/c27-20-14-21(28)18(13-23(20)36-15-16-4-2-1-3-5-16)12-19(34)10-17-6-9-32-22(11-17)24(35)33-25(7-8-25)26(29,30)31/h1-6,9,11,13-14H,7-8,10,12,15H2,(H,33,35). The number of Topliss-reactive ketones (excluding diaryl/α,β-unsaturated/α-hetero) is 1. The van der Waals surface area contributed by atoms with Crippen LogP contribution in [0.25, 0.3) is 0 Å². The minimum Gasteiger partial charge on any atom is -0.488 e. The van der Waals surface area contributed by atoms with Crippen LogP contribution in [0.15, 0.2) is 65.3 Å². The topological polar surface area (TPSA) is 68.3 Å². The van der Waals surface area contributed by atoms with Gasteiger partial charge in [-0.2, -0.15) is 13.2 Å². The first-order valence-electron chi connectivity index (χ1n) is 11.1. The van der Waals surface area contributed by atoms with Gasteiger partial charge in [0.25, 0.3) is 5.91 Å². The minimum atomic E-state index is -4.55. The molecular weight excluding hydrogens is 544 g/mol. The third-order valence-electron chi connectivity index (χ3n) is 5.83. The number of carbonyl (C=O) groups excluding carboxylic acids is 2. The zero-order chi connectivity index (χ0) is 25.9. The van der Waals surface area contributed by atoms with Gasteiger partial charge in [-0.3, -0.25) is 14.6 Å². The van der Waals surface area contributed by atoms with Crippen molar-refractivity contribution in [2.75, 3.05) is 0 Å². The molecule has 0 unspecified atom stereocenters. The number of amides is 1. The Bertz CT molecular complexity index is 1280. The molecule has 1 amide bonds.